The lowest BCUT2D eigenvalue weighted by Crippen LogP contribution is -2.20. The molecule has 0 saturated carbocycles. The molecule has 0 fully saturated rings. The number of aromatic nitrogens is 4. The maximum Gasteiger partial charge on any atom is 0.348 e. The fourth-order valence-corrected chi connectivity index (χ4v) is 6.37. The first kappa shape index (κ1) is 19.1. The lowest BCUT2D eigenvalue weighted by molar-refractivity contribution is 0.0467. The molecule has 7 nitrogen and oxygen atoms in total. The molecule has 0 amide bonds. The van der Waals surface area contributed by atoms with Crippen molar-refractivity contribution in [1.29, 1.82) is 0 Å². The Kier molecular flexibility index (Phi) is 4.17. The SMILES string of the molecule is Cc1ccc2c(c1)c(=O)n(C)c1nnc(COC(=O)c3cc4sc5ccccc5c4s3)n21. The first-order valence-corrected chi connectivity index (χ1v) is 11.6. The normalized spacial score (nSPS) is 11.8. The smallest absolute Gasteiger partial charge is 0.348 e. The molecule has 0 bridgehead atoms. The van der Waals surface area contributed by atoms with Crippen LogP contribution in [0, 0.1) is 6.92 Å². The van der Waals surface area contributed by atoms with Crippen molar-refractivity contribution in [2.45, 2.75) is 13.5 Å². The average Bonchev–Trinajstić information content (AvgIpc) is 3.48. The predicted molar refractivity (Wildman–Crippen MR) is 127 cm³/mol. The number of benzene rings is 2. The van der Waals surface area contributed by atoms with Gasteiger partial charge < -0.3 is 4.74 Å². The maximum atomic E-state index is 12.8. The van der Waals surface area contributed by atoms with Crippen LogP contribution in [0.5, 0.6) is 0 Å². The molecule has 9 heteroatoms. The number of carbonyl (C=O) groups is 1. The monoisotopic (exact) mass is 460 g/mol. The van der Waals surface area contributed by atoms with E-state index in [-0.39, 0.29) is 12.2 Å². The summed E-state index contributed by atoms with van der Waals surface area (Å²) in [5, 5.41) is 10.1. The van der Waals surface area contributed by atoms with Gasteiger partial charge >= 0.3 is 5.97 Å². The Bertz CT molecular complexity index is 1760. The van der Waals surface area contributed by atoms with Gasteiger partial charge in [-0.2, -0.15) is 0 Å². The van der Waals surface area contributed by atoms with E-state index in [1.165, 1.54) is 20.6 Å². The molecule has 6 aromatic rings. The highest BCUT2D eigenvalue weighted by molar-refractivity contribution is 7.33. The van der Waals surface area contributed by atoms with Crippen LogP contribution in [0.4, 0.5) is 0 Å². The summed E-state index contributed by atoms with van der Waals surface area (Å²) in [4.78, 5) is 26.1. The molecule has 0 aliphatic rings. The van der Waals surface area contributed by atoms with Crippen molar-refractivity contribution < 1.29 is 9.53 Å². The van der Waals surface area contributed by atoms with Gasteiger partial charge in [0.25, 0.3) is 5.56 Å². The van der Waals surface area contributed by atoms with Gasteiger partial charge in [-0.05, 0) is 31.2 Å². The van der Waals surface area contributed by atoms with Crippen LogP contribution in [-0.2, 0) is 18.4 Å². The molecule has 0 radical (unpaired) electrons. The van der Waals surface area contributed by atoms with E-state index >= 15 is 0 Å². The van der Waals surface area contributed by atoms with Crippen LogP contribution in [-0.4, -0.2) is 25.1 Å². The Labute approximate surface area is 189 Å². The highest BCUT2D eigenvalue weighted by Gasteiger charge is 2.19. The molecule has 32 heavy (non-hydrogen) atoms. The van der Waals surface area contributed by atoms with Gasteiger partial charge in [-0.3, -0.25) is 13.8 Å². The van der Waals surface area contributed by atoms with E-state index < -0.39 is 5.97 Å². The lowest BCUT2D eigenvalue weighted by atomic mass is 10.1. The number of hydrogen-bond acceptors (Lipinski definition) is 7. The van der Waals surface area contributed by atoms with E-state index in [9.17, 15) is 9.59 Å². The van der Waals surface area contributed by atoms with Crippen LogP contribution in [0.2, 0.25) is 0 Å². The van der Waals surface area contributed by atoms with Crippen molar-refractivity contribution in [3.05, 3.63) is 75.1 Å². The van der Waals surface area contributed by atoms with Gasteiger partial charge in [0.05, 0.1) is 15.6 Å². The van der Waals surface area contributed by atoms with Gasteiger partial charge in [-0.1, -0.05) is 29.8 Å². The third-order valence-electron chi connectivity index (χ3n) is 5.52. The summed E-state index contributed by atoms with van der Waals surface area (Å²) in [6.07, 6.45) is 0. The predicted octanol–water partition coefficient (Wildman–Crippen LogP) is 4.68. The quantitative estimate of drug-likeness (QED) is 0.359. The van der Waals surface area contributed by atoms with Crippen LogP contribution in [0.3, 0.4) is 0 Å². The highest BCUT2D eigenvalue weighted by Crippen LogP contribution is 2.39. The minimum atomic E-state index is -0.399. The molecule has 0 aliphatic heterocycles. The van der Waals surface area contributed by atoms with Crippen LogP contribution in [0.15, 0.2) is 53.3 Å². The van der Waals surface area contributed by atoms with Crippen molar-refractivity contribution >= 4 is 64.8 Å². The molecule has 0 N–H and O–H groups in total. The number of fused-ring (bicyclic) bond motifs is 6. The van der Waals surface area contributed by atoms with Crippen LogP contribution in [0.1, 0.15) is 21.1 Å². The molecule has 2 aromatic carbocycles. The van der Waals surface area contributed by atoms with E-state index in [1.807, 2.05) is 43.3 Å². The van der Waals surface area contributed by atoms with Crippen molar-refractivity contribution in [2.24, 2.45) is 7.05 Å². The van der Waals surface area contributed by atoms with Gasteiger partial charge in [0.2, 0.25) is 5.78 Å². The molecule has 4 aromatic heterocycles. The minimum absolute atomic E-state index is 0.0481. The second-order valence-corrected chi connectivity index (χ2v) is 9.75. The Morgan fingerprint density at radius 2 is 1.88 bits per heavy atom. The summed E-state index contributed by atoms with van der Waals surface area (Å²) in [6, 6.07) is 15.7. The first-order chi connectivity index (χ1) is 15.5. The summed E-state index contributed by atoms with van der Waals surface area (Å²) >= 11 is 3.11. The van der Waals surface area contributed by atoms with Crippen LogP contribution in [0.25, 0.3) is 36.2 Å². The Balaban J connectivity index is 1.36. The molecular weight excluding hydrogens is 444 g/mol. The molecule has 0 spiro atoms. The molecule has 0 atom stereocenters. The van der Waals surface area contributed by atoms with Gasteiger partial charge in [-0.15, -0.1) is 32.9 Å². The number of rotatable bonds is 3. The standard InChI is InChI=1S/C23H16N4O3S2/c1-12-7-8-15-14(9-12)21(28)26(2)23-25-24-19(27(15)23)11-30-22(29)18-10-17-20(32-18)13-5-3-4-6-16(13)31-17/h3-10H,11H2,1-2H3. The Morgan fingerprint density at radius 3 is 2.75 bits per heavy atom. The van der Waals surface area contributed by atoms with Crippen LogP contribution >= 0.6 is 22.7 Å². The number of aryl methyl sites for hydroxylation is 2. The van der Waals surface area contributed by atoms with Crippen molar-refractivity contribution in [1.82, 2.24) is 19.2 Å². The second kappa shape index (κ2) is 6.98. The molecule has 4 heterocycles. The summed E-state index contributed by atoms with van der Waals surface area (Å²) in [5.41, 5.74) is 1.53. The van der Waals surface area contributed by atoms with E-state index in [2.05, 4.69) is 22.3 Å². The number of ether oxygens (including phenoxy) is 1. The van der Waals surface area contributed by atoms with Crippen LogP contribution < -0.4 is 5.56 Å². The minimum Gasteiger partial charge on any atom is -0.453 e. The van der Waals surface area contributed by atoms with Gasteiger partial charge in [0.1, 0.15) is 4.88 Å². The summed E-state index contributed by atoms with van der Waals surface area (Å²) in [7, 11) is 1.66. The zero-order chi connectivity index (χ0) is 22.0. The molecule has 0 saturated heterocycles. The summed E-state index contributed by atoms with van der Waals surface area (Å²) in [6.45, 7) is 1.89. The Morgan fingerprint density at radius 1 is 1.03 bits per heavy atom. The fourth-order valence-electron chi connectivity index (χ4n) is 3.95. The van der Waals surface area contributed by atoms with Crippen molar-refractivity contribution in [3.8, 4) is 0 Å². The van der Waals surface area contributed by atoms with Gasteiger partial charge in [0, 0.05) is 21.8 Å². The van der Waals surface area contributed by atoms with Crippen molar-refractivity contribution in [3.63, 3.8) is 0 Å². The average molecular weight is 461 g/mol. The van der Waals surface area contributed by atoms with Gasteiger partial charge in [-0.25, -0.2) is 4.79 Å². The third kappa shape index (κ3) is 2.78. The topological polar surface area (TPSA) is 78.5 Å². The molecule has 6 rings (SSSR count). The van der Waals surface area contributed by atoms with Crippen molar-refractivity contribution in [2.75, 3.05) is 0 Å². The van der Waals surface area contributed by atoms with E-state index in [1.54, 1.807) is 22.8 Å². The number of nitrogens with zero attached hydrogens (tertiary/aromatic N) is 4. The summed E-state index contributed by atoms with van der Waals surface area (Å²) in [5.74, 6) is 0.464. The molecule has 0 aliphatic carbocycles. The largest absolute Gasteiger partial charge is 0.453 e. The van der Waals surface area contributed by atoms with E-state index in [0.29, 0.717) is 27.4 Å². The fraction of sp³-hybridized carbons (Fsp3) is 0.130. The van der Waals surface area contributed by atoms with E-state index in [4.69, 9.17) is 4.74 Å². The lowest BCUT2D eigenvalue weighted by Gasteiger charge is -2.08. The highest BCUT2D eigenvalue weighted by atomic mass is 32.1. The number of carbonyl (C=O) groups excluding carboxylic acids is 1. The third-order valence-corrected chi connectivity index (χ3v) is 7.92. The summed E-state index contributed by atoms with van der Waals surface area (Å²) < 4.78 is 12.2. The maximum absolute atomic E-state index is 12.8. The van der Waals surface area contributed by atoms with Gasteiger partial charge in [0.15, 0.2) is 12.4 Å². The zero-order valence-corrected chi connectivity index (χ0v) is 18.8. The van der Waals surface area contributed by atoms with E-state index in [0.717, 1.165) is 20.3 Å². The molecular formula is C23H16N4O3S2. The zero-order valence-electron chi connectivity index (χ0n) is 17.2. The molecule has 0 unspecified atom stereocenters. The number of esters is 1. The number of thiophene rings is 2. The molecule has 158 valence electrons. The number of hydrogen-bond donors (Lipinski definition) is 0. The second-order valence-electron chi connectivity index (χ2n) is 7.61. The Hall–Kier alpha value is -3.56. The first-order valence-electron chi connectivity index (χ1n) is 9.93.